The molecule has 0 aromatic heterocycles. The smallest absolute Gasteiger partial charge is 0.326 e. The van der Waals surface area contributed by atoms with Gasteiger partial charge in [0.2, 0.25) is 0 Å². The van der Waals surface area contributed by atoms with E-state index < -0.39 is 23.6 Å². The van der Waals surface area contributed by atoms with Crippen LogP contribution >= 0.6 is 0 Å². The number of urea groups is 1. The van der Waals surface area contributed by atoms with Gasteiger partial charge in [0.1, 0.15) is 6.04 Å². The highest BCUT2D eigenvalue weighted by Gasteiger charge is 2.25. The van der Waals surface area contributed by atoms with Crippen LogP contribution in [0.5, 0.6) is 0 Å². The lowest BCUT2D eigenvalue weighted by Crippen LogP contribution is -2.51. The van der Waals surface area contributed by atoms with Crippen molar-refractivity contribution in [1.82, 2.24) is 10.2 Å². The molecule has 2 amide bonds. The van der Waals surface area contributed by atoms with Crippen LogP contribution in [0.2, 0.25) is 0 Å². The highest BCUT2D eigenvalue weighted by Crippen LogP contribution is 2.06. The van der Waals surface area contributed by atoms with Gasteiger partial charge in [-0.15, -0.1) is 0 Å². The average Bonchev–Trinajstić information content (AvgIpc) is 2.23. The van der Waals surface area contributed by atoms with Crippen molar-refractivity contribution in [2.24, 2.45) is 0 Å². The van der Waals surface area contributed by atoms with Gasteiger partial charge in [-0.2, -0.15) is 0 Å². The van der Waals surface area contributed by atoms with E-state index in [1.165, 1.54) is 4.90 Å². The van der Waals surface area contributed by atoms with Gasteiger partial charge < -0.3 is 20.4 Å². The summed E-state index contributed by atoms with van der Waals surface area (Å²) in [5.74, 6) is -1.04. The second-order valence-electron chi connectivity index (χ2n) is 4.96. The summed E-state index contributed by atoms with van der Waals surface area (Å²) in [6.07, 6.45) is 1.07. The molecule has 18 heavy (non-hydrogen) atoms. The number of likely N-dealkylation sites (N-methyl/N-ethyl adjacent to an activating group) is 1. The van der Waals surface area contributed by atoms with E-state index in [4.69, 9.17) is 5.11 Å². The zero-order valence-electron chi connectivity index (χ0n) is 11.6. The van der Waals surface area contributed by atoms with E-state index in [9.17, 15) is 14.7 Å². The molecule has 0 unspecified atom stereocenters. The van der Waals surface area contributed by atoms with Crippen molar-refractivity contribution in [3.8, 4) is 0 Å². The van der Waals surface area contributed by atoms with Crippen molar-refractivity contribution in [3.05, 3.63) is 0 Å². The molecule has 0 radical (unpaired) electrons. The Morgan fingerprint density at radius 3 is 2.22 bits per heavy atom. The first-order valence-electron chi connectivity index (χ1n) is 6.21. The fraction of sp³-hybridized carbons (Fsp3) is 0.833. The van der Waals surface area contributed by atoms with Gasteiger partial charge in [-0.3, -0.25) is 0 Å². The standard InChI is InChI=1S/C12H24N2O4/c1-5-7-9(10(15)16)13-11(17)14(6-2)8-12(3,4)18/h9,18H,5-8H2,1-4H3,(H,13,17)(H,15,16)/t9-/m1/s1. The summed E-state index contributed by atoms with van der Waals surface area (Å²) in [5.41, 5.74) is -1.00. The van der Waals surface area contributed by atoms with Gasteiger partial charge in [-0.1, -0.05) is 13.3 Å². The number of carbonyl (C=O) groups is 2. The minimum Gasteiger partial charge on any atom is -0.480 e. The lowest BCUT2D eigenvalue weighted by molar-refractivity contribution is -0.139. The van der Waals surface area contributed by atoms with Crippen molar-refractivity contribution < 1.29 is 19.8 Å². The molecule has 0 bridgehead atoms. The zero-order valence-corrected chi connectivity index (χ0v) is 11.6. The van der Waals surface area contributed by atoms with Gasteiger partial charge in [0.25, 0.3) is 0 Å². The van der Waals surface area contributed by atoms with Crippen LogP contribution in [-0.4, -0.2) is 51.8 Å². The molecule has 0 fully saturated rings. The van der Waals surface area contributed by atoms with Gasteiger partial charge in [0, 0.05) is 6.54 Å². The van der Waals surface area contributed by atoms with Crippen molar-refractivity contribution in [1.29, 1.82) is 0 Å². The topological polar surface area (TPSA) is 89.9 Å². The molecule has 0 aromatic rings. The van der Waals surface area contributed by atoms with Crippen LogP contribution in [0.4, 0.5) is 4.79 Å². The van der Waals surface area contributed by atoms with Crippen molar-refractivity contribution in [2.75, 3.05) is 13.1 Å². The fourth-order valence-corrected chi connectivity index (χ4v) is 1.58. The summed E-state index contributed by atoms with van der Waals surface area (Å²) in [5, 5.41) is 21.1. The molecule has 6 nitrogen and oxygen atoms in total. The third kappa shape index (κ3) is 6.44. The number of hydrogen-bond donors (Lipinski definition) is 3. The van der Waals surface area contributed by atoms with Crippen LogP contribution in [0.15, 0.2) is 0 Å². The summed E-state index contributed by atoms with van der Waals surface area (Å²) >= 11 is 0. The van der Waals surface area contributed by atoms with E-state index in [0.29, 0.717) is 19.4 Å². The lowest BCUT2D eigenvalue weighted by atomic mass is 10.1. The van der Waals surface area contributed by atoms with Gasteiger partial charge in [-0.05, 0) is 27.2 Å². The Morgan fingerprint density at radius 1 is 1.33 bits per heavy atom. The maximum Gasteiger partial charge on any atom is 0.326 e. The Labute approximate surface area is 108 Å². The largest absolute Gasteiger partial charge is 0.480 e. The zero-order chi connectivity index (χ0) is 14.3. The number of aliphatic carboxylic acids is 1. The fourth-order valence-electron chi connectivity index (χ4n) is 1.58. The van der Waals surface area contributed by atoms with Crippen molar-refractivity contribution in [3.63, 3.8) is 0 Å². The van der Waals surface area contributed by atoms with Crippen LogP contribution in [0.1, 0.15) is 40.5 Å². The predicted molar refractivity (Wildman–Crippen MR) is 68.4 cm³/mol. The normalized spacial score (nSPS) is 12.9. The number of carboxylic acids is 1. The molecule has 3 N–H and O–H groups in total. The van der Waals surface area contributed by atoms with E-state index in [2.05, 4.69) is 5.32 Å². The minimum absolute atomic E-state index is 0.161. The Morgan fingerprint density at radius 2 is 1.89 bits per heavy atom. The van der Waals surface area contributed by atoms with E-state index in [-0.39, 0.29) is 6.54 Å². The minimum atomic E-state index is -1.04. The first kappa shape index (κ1) is 16.7. The van der Waals surface area contributed by atoms with E-state index in [1.807, 2.05) is 6.92 Å². The van der Waals surface area contributed by atoms with Gasteiger partial charge >= 0.3 is 12.0 Å². The van der Waals surface area contributed by atoms with Gasteiger partial charge in [-0.25, -0.2) is 9.59 Å². The van der Waals surface area contributed by atoms with E-state index in [0.717, 1.165) is 0 Å². The van der Waals surface area contributed by atoms with Gasteiger partial charge in [0.15, 0.2) is 0 Å². The molecule has 106 valence electrons. The first-order valence-corrected chi connectivity index (χ1v) is 6.21. The van der Waals surface area contributed by atoms with Crippen LogP contribution in [0.25, 0.3) is 0 Å². The second-order valence-corrected chi connectivity index (χ2v) is 4.96. The van der Waals surface area contributed by atoms with Gasteiger partial charge in [0.05, 0.1) is 12.1 Å². The van der Waals surface area contributed by atoms with Crippen molar-refractivity contribution in [2.45, 2.75) is 52.2 Å². The monoisotopic (exact) mass is 260 g/mol. The number of amides is 2. The van der Waals surface area contributed by atoms with Crippen LogP contribution in [-0.2, 0) is 4.79 Å². The lowest BCUT2D eigenvalue weighted by Gasteiger charge is -2.29. The molecule has 0 saturated heterocycles. The molecule has 0 saturated carbocycles. The van der Waals surface area contributed by atoms with Crippen LogP contribution in [0, 0.1) is 0 Å². The first-order chi connectivity index (χ1) is 8.21. The summed E-state index contributed by atoms with van der Waals surface area (Å²) in [7, 11) is 0. The Bertz CT molecular complexity index is 286. The molecule has 0 heterocycles. The molecular formula is C12H24N2O4. The number of hydrogen-bond acceptors (Lipinski definition) is 3. The molecule has 0 rings (SSSR count). The maximum absolute atomic E-state index is 11.9. The Balaban J connectivity index is 4.55. The number of nitrogens with one attached hydrogen (secondary N) is 1. The number of nitrogens with zero attached hydrogens (tertiary/aromatic N) is 1. The van der Waals surface area contributed by atoms with Crippen molar-refractivity contribution >= 4 is 12.0 Å². The van der Waals surface area contributed by atoms with Crippen LogP contribution in [0.3, 0.4) is 0 Å². The summed E-state index contributed by atoms with van der Waals surface area (Å²) in [6.45, 7) is 7.41. The molecule has 0 aromatic carbocycles. The third-order valence-corrected chi connectivity index (χ3v) is 2.42. The molecule has 0 spiro atoms. The number of rotatable bonds is 7. The SMILES string of the molecule is CCC[C@@H](NC(=O)N(CC)CC(C)(C)O)C(=O)O. The summed E-state index contributed by atoms with van der Waals surface area (Å²) in [6, 6.07) is -1.33. The number of carbonyl (C=O) groups excluding carboxylic acids is 1. The van der Waals surface area contributed by atoms with E-state index >= 15 is 0 Å². The van der Waals surface area contributed by atoms with E-state index in [1.54, 1.807) is 20.8 Å². The maximum atomic E-state index is 11.9. The third-order valence-electron chi connectivity index (χ3n) is 2.42. The Hall–Kier alpha value is -1.30. The molecule has 1 atom stereocenters. The summed E-state index contributed by atoms with van der Waals surface area (Å²) < 4.78 is 0. The van der Waals surface area contributed by atoms with Crippen LogP contribution < -0.4 is 5.32 Å². The summed E-state index contributed by atoms with van der Waals surface area (Å²) in [4.78, 5) is 24.2. The molecule has 0 aliphatic carbocycles. The molecule has 6 heteroatoms. The predicted octanol–water partition coefficient (Wildman–Crippen LogP) is 1.04. The molecular weight excluding hydrogens is 236 g/mol. The number of aliphatic hydroxyl groups is 1. The Kier molecular flexibility index (Phi) is 6.68. The highest BCUT2D eigenvalue weighted by atomic mass is 16.4. The number of carboxylic acid groups (broad SMARTS) is 1. The second kappa shape index (κ2) is 7.20. The quantitative estimate of drug-likeness (QED) is 0.638. The average molecular weight is 260 g/mol. The molecule has 0 aliphatic heterocycles. The highest BCUT2D eigenvalue weighted by molar-refractivity contribution is 5.82. The molecule has 0 aliphatic rings.